The van der Waals surface area contributed by atoms with Gasteiger partial charge >= 0.3 is 6.18 Å². The Bertz CT molecular complexity index is 227. The number of carbonyl (C=O) groups excluding carboxylic acids is 1. The minimum Gasteiger partial charge on any atom is -0.288 e. The van der Waals surface area contributed by atoms with Crippen LogP contribution in [0.5, 0.6) is 0 Å². The monoisotopic (exact) mass is 210 g/mol. The van der Waals surface area contributed by atoms with Crippen LogP contribution in [0, 0.1) is 5.92 Å². The summed E-state index contributed by atoms with van der Waals surface area (Å²) >= 11 is 0. The van der Waals surface area contributed by atoms with E-state index in [4.69, 9.17) is 0 Å². The van der Waals surface area contributed by atoms with Crippen LogP contribution < -0.4 is 5.43 Å². The molecule has 1 atom stereocenters. The summed E-state index contributed by atoms with van der Waals surface area (Å²) < 4.78 is 37.7. The molecule has 1 aliphatic rings. The van der Waals surface area contributed by atoms with Crippen molar-refractivity contribution in [3.63, 3.8) is 0 Å². The van der Waals surface area contributed by atoms with Crippen molar-refractivity contribution >= 4 is 5.91 Å². The first kappa shape index (κ1) is 11.3. The van der Waals surface area contributed by atoms with Crippen molar-refractivity contribution in [1.29, 1.82) is 0 Å². The number of halogens is 3. The highest BCUT2D eigenvalue weighted by Crippen LogP contribution is 2.30. The lowest BCUT2D eigenvalue weighted by Gasteiger charge is -2.31. The van der Waals surface area contributed by atoms with Crippen LogP contribution in [0.15, 0.2) is 0 Å². The van der Waals surface area contributed by atoms with Crippen molar-refractivity contribution in [3.05, 3.63) is 0 Å². The molecule has 3 nitrogen and oxygen atoms in total. The van der Waals surface area contributed by atoms with Crippen LogP contribution in [-0.2, 0) is 4.79 Å². The van der Waals surface area contributed by atoms with Crippen LogP contribution in [0.4, 0.5) is 13.2 Å². The van der Waals surface area contributed by atoms with E-state index < -0.39 is 18.1 Å². The van der Waals surface area contributed by atoms with Crippen LogP contribution >= 0.6 is 0 Å². The van der Waals surface area contributed by atoms with Crippen molar-refractivity contribution in [3.8, 4) is 0 Å². The molecule has 0 bridgehead atoms. The molecule has 1 saturated heterocycles. The van der Waals surface area contributed by atoms with Gasteiger partial charge in [0.2, 0.25) is 5.91 Å². The Balaban J connectivity index is 2.74. The highest BCUT2D eigenvalue weighted by atomic mass is 19.4. The number of carbonyl (C=O) groups is 1. The third-order valence-corrected chi connectivity index (χ3v) is 2.15. The summed E-state index contributed by atoms with van der Waals surface area (Å²) in [5.74, 6) is -0.923. The lowest BCUT2D eigenvalue weighted by atomic mass is 10.0. The average Bonchev–Trinajstić information content (AvgIpc) is 2.31. The molecule has 0 spiro atoms. The number of alkyl halides is 3. The predicted molar refractivity (Wildman–Crippen MR) is 44.1 cm³/mol. The zero-order chi connectivity index (χ0) is 10.9. The topological polar surface area (TPSA) is 32.3 Å². The van der Waals surface area contributed by atoms with Crippen LogP contribution in [0.3, 0.4) is 0 Å². The van der Waals surface area contributed by atoms with Crippen molar-refractivity contribution in [2.24, 2.45) is 5.92 Å². The van der Waals surface area contributed by atoms with Gasteiger partial charge in [-0.05, 0) is 5.92 Å². The molecule has 0 saturated carbocycles. The molecule has 0 radical (unpaired) electrons. The molecule has 1 heterocycles. The lowest BCUT2D eigenvalue weighted by molar-refractivity contribution is -0.199. The molecular formula is C8H13F3N2O. The fourth-order valence-corrected chi connectivity index (χ4v) is 1.62. The second kappa shape index (κ2) is 3.76. The van der Waals surface area contributed by atoms with Gasteiger partial charge in [0.05, 0.1) is 0 Å². The van der Waals surface area contributed by atoms with E-state index in [2.05, 4.69) is 5.43 Å². The molecule has 0 aromatic carbocycles. The second-order valence-corrected chi connectivity index (χ2v) is 3.71. The average molecular weight is 210 g/mol. The Labute approximate surface area is 80.2 Å². The van der Waals surface area contributed by atoms with Gasteiger partial charge in [0.15, 0.2) is 0 Å². The number of nitrogens with one attached hydrogen (secondary N) is 1. The zero-order valence-corrected chi connectivity index (χ0v) is 8.06. The van der Waals surface area contributed by atoms with Crippen LogP contribution in [0.1, 0.15) is 20.3 Å². The number of amides is 1. The Kier molecular flexibility index (Phi) is 3.04. The van der Waals surface area contributed by atoms with Crippen LogP contribution in [-0.4, -0.2) is 29.7 Å². The summed E-state index contributed by atoms with van der Waals surface area (Å²) in [7, 11) is 0. The van der Waals surface area contributed by atoms with E-state index in [9.17, 15) is 18.0 Å². The van der Waals surface area contributed by atoms with Gasteiger partial charge in [-0.25, -0.2) is 5.01 Å². The molecule has 0 aromatic heterocycles. The van der Waals surface area contributed by atoms with Gasteiger partial charge in [0.1, 0.15) is 6.04 Å². The van der Waals surface area contributed by atoms with Gasteiger partial charge in [-0.15, -0.1) is 0 Å². The van der Waals surface area contributed by atoms with Crippen molar-refractivity contribution in [1.82, 2.24) is 10.4 Å². The maximum absolute atomic E-state index is 12.6. The van der Waals surface area contributed by atoms with Crippen molar-refractivity contribution < 1.29 is 18.0 Å². The van der Waals surface area contributed by atoms with Crippen LogP contribution in [0.25, 0.3) is 0 Å². The van der Waals surface area contributed by atoms with Gasteiger partial charge in [0.25, 0.3) is 0 Å². The van der Waals surface area contributed by atoms with Gasteiger partial charge < -0.3 is 0 Å². The summed E-state index contributed by atoms with van der Waals surface area (Å²) in [6.45, 7) is 3.10. The van der Waals surface area contributed by atoms with E-state index in [1.54, 1.807) is 0 Å². The van der Waals surface area contributed by atoms with Crippen molar-refractivity contribution in [2.75, 3.05) is 6.54 Å². The Hall–Kier alpha value is -0.780. The van der Waals surface area contributed by atoms with E-state index in [0.717, 1.165) is 5.01 Å². The Morgan fingerprint density at radius 1 is 1.43 bits per heavy atom. The number of hydrazine groups is 1. The van der Waals surface area contributed by atoms with E-state index in [0.29, 0.717) is 0 Å². The molecule has 6 heteroatoms. The van der Waals surface area contributed by atoms with E-state index in [-0.39, 0.29) is 18.9 Å². The summed E-state index contributed by atoms with van der Waals surface area (Å²) in [4.78, 5) is 10.8. The first-order valence-electron chi connectivity index (χ1n) is 4.45. The largest absolute Gasteiger partial charge is 0.406 e. The molecule has 0 aliphatic carbocycles. The standard InChI is InChI=1S/C8H13F3N2O/c1-5(2)7(8(9,10)11)13-4-3-6(14)12-13/h5,7H,3-4H2,1-2H3,(H,12,14). The first-order valence-corrected chi connectivity index (χ1v) is 4.45. The number of rotatable bonds is 2. The quantitative estimate of drug-likeness (QED) is 0.745. The lowest BCUT2D eigenvalue weighted by Crippen LogP contribution is -2.52. The zero-order valence-electron chi connectivity index (χ0n) is 8.06. The molecule has 1 N–H and O–H groups in total. The summed E-state index contributed by atoms with van der Waals surface area (Å²) in [6.07, 6.45) is -4.16. The summed E-state index contributed by atoms with van der Waals surface area (Å²) in [6, 6.07) is -1.59. The fraction of sp³-hybridized carbons (Fsp3) is 0.875. The second-order valence-electron chi connectivity index (χ2n) is 3.71. The van der Waals surface area contributed by atoms with Gasteiger partial charge in [0, 0.05) is 13.0 Å². The van der Waals surface area contributed by atoms with E-state index in [1.165, 1.54) is 13.8 Å². The summed E-state index contributed by atoms with van der Waals surface area (Å²) in [5, 5.41) is 0.979. The fourth-order valence-electron chi connectivity index (χ4n) is 1.62. The van der Waals surface area contributed by atoms with E-state index >= 15 is 0 Å². The number of hydrogen-bond donors (Lipinski definition) is 1. The molecule has 1 rings (SSSR count). The molecule has 1 unspecified atom stereocenters. The normalized spacial score (nSPS) is 21.4. The van der Waals surface area contributed by atoms with Crippen LogP contribution in [0.2, 0.25) is 0 Å². The molecule has 1 amide bonds. The maximum atomic E-state index is 12.6. The minimum absolute atomic E-state index is 0.126. The maximum Gasteiger partial charge on any atom is 0.406 e. The number of hydrogen-bond acceptors (Lipinski definition) is 2. The molecule has 0 aromatic rings. The SMILES string of the molecule is CC(C)C(N1CCC(=O)N1)C(F)(F)F. The molecular weight excluding hydrogens is 197 g/mol. The molecule has 14 heavy (non-hydrogen) atoms. The van der Waals surface area contributed by atoms with Gasteiger partial charge in [-0.2, -0.15) is 13.2 Å². The van der Waals surface area contributed by atoms with Crippen molar-refractivity contribution in [2.45, 2.75) is 32.5 Å². The molecule has 1 aliphatic heterocycles. The van der Waals surface area contributed by atoms with Gasteiger partial charge in [-0.3, -0.25) is 10.2 Å². The first-order chi connectivity index (χ1) is 6.32. The Morgan fingerprint density at radius 3 is 2.29 bits per heavy atom. The molecule has 1 fully saturated rings. The minimum atomic E-state index is -4.30. The summed E-state index contributed by atoms with van der Waals surface area (Å²) in [5.41, 5.74) is 2.22. The number of nitrogens with zero attached hydrogens (tertiary/aromatic N) is 1. The van der Waals surface area contributed by atoms with Gasteiger partial charge in [-0.1, -0.05) is 13.8 Å². The predicted octanol–water partition coefficient (Wildman–Crippen LogP) is 1.31. The highest BCUT2D eigenvalue weighted by molar-refractivity contribution is 5.77. The highest BCUT2D eigenvalue weighted by Gasteiger charge is 2.47. The van der Waals surface area contributed by atoms with E-state index in [1.807, 2.05) is 0 Å². The smallest absolute Gasteiger partial charge is 0.288 e. The Morgan fingerprint density at radius 2 is 2.00 bits per heavy atom. The third kappa shape index (κ3) is 2.37. The third-order valence-electron chi connectivity index (χ3n) is 2.15. The molecule has 82 valence electrons.